The van der Waals surface area contributed by atoms with Gasteiger partial charge in [-0.1, -0.05) is 34.8 Å². The number of nitrogens with zero attached hydrogens (tertiary/aromatic N) is 2. The van der Waals surface area contributed by atoms with Crippen LogP contribution in [0.25, 0.3) is 0 Å². The number of nitrogens with one attached hydrogen (secondary N) is 1. The average molecular weight is 399 g/mol. The van der Waals surface area contributed by atoms with Crippen LogP contribution < -0.4 is 5.32 Å². The molecule has 0 aliphatic heterocycles. The topological polar surface area (TPSA) is 54.9 Å². The number of rotatable bonds is 3. The molecule has 0 aliphatic carbocycles. The van der Waals surface area contributed by atoms with Gasteiger partial charge in [0.2, 0.25) is 0 Å². The van der Waals surface area contributed by atoms with Crippen LogP contribution in [0.5, 0.6) is 0 Å². The number of pyridine rings is 2. The van der Waals surface area contributed by atoms with Crippen LogP contribution in [-0.2, 0) is 6.18 Å². The number of amides is 1. The molecule has 0 fully saturated rings. The lowest BCUT2D eigenvalue weighted by Crippen LogP contribution is -2.28. The maximum Gasteiger partial charge on any atom is 0.417 e. The van der Waals surface area contributed by atoms with E-state index >= 15 is 0 Å². The SMILES string of the molecule is CC(NC(=O)c1c(Cl)ccnc1Cl)c1ncc(C(F)(F)F)cc1Cl. The first-order chi connectivity index (χ1) is 11.1. The summed E-state index contributed by atoms with van der Waals surface area (Å²) in [5.74, 6) is -0.650. The molecule has 2 aromatic rings. The highest BCUT2D eigenvalue weighted by molar-refractivity contribution is 6.39. The van der Waals surface area contributed by atoms with Crippen LogP contribution in [0.3, 0.4) is 0 Å². The maximum atomic E-state index is 12.6. The molecule has 10 heteroatoms. The monoisotopic (exact) mass is 397 g/mol. The molecule has 0 bridgehead atoms. The molecular weight excluding hydrogens is 390 g/mol. The van der Waals surface area contributed by atoms with Crippen molar-refractivity contribution in [3.05, 3.63) is 56.5 Å². The third-order valence-corrected chi connectivity index (χ3v) is 3.94. The van der Waals surface area contributed by atoms with E-state index < -0.39 is 23.7 Å². The van der Waals surface area contributed by atoms with Crippen molar-refractivity contribution in [1.29, 1.82) is 0 Å². The van der Waals surface area contributed by atoms with Crippen LogP contribution in [0.1, 0.15) is 34.6 Å². The van der Waals surface area contributed by atoms with Gasteiger partial charge in [0.05, 0.1) is 32.9 Å². The number of carbonyl (C=O) groups excluding carboxylic acids is 1. The van der Waals surface area contributed by atoms with Crippen molar-refractivity contribution in [2.24, 2.45) is 0 Å². The van der Waals surface area contributed by atoms with Crippen molar-refractivity contribution >= 4 is 40.7 Å². The van der Waals surface area contributed by atoms with Crippen LogP contribution in [-0.4, -0.2) is 15.9 Å². The van der Waals surface area contributed by atoms with E-state index in [0.29, 0.717) is 6.20 Å². The predicted octanol–water partition coefficient (Wildman–Crippen LogP) is 4.95. The van der Waals surface area contributed by atoms with E-state index in [2.05, 4.69) is 15.3 Å². The van der Waals surface area contributed by atoms with E-state index in [9.17, 15) is 18.0 Å². The van der Waals surface area contributed by atoms with E-state index in [1.165, 1.54) is 19.2 Å². The molecule has 24 heavy (non-hydrogen) atoms. The van der Waals surface area contributed by atoms with Crippen molar-refractivity contribution in [3.8, 4) is 0 Å². The Morgan fingerprint density at radius 3 is 2.42 bits per heavy atom. The number of aromatic nitrogens is 2. The molecule has 2 aromatic heterocycles. The third-order valence-electron chi connectivity index (χ3n) is 3.04. The van der Waals surface area contributed by atoms with Gasteiger partial charge < -0.3 is 5.32 Å². The van der Waals surface area contributed by atoms with Crippen molar-refractivity contribution in [2.75, 3.05) is 0 Å². The van der Waals surface area contributed by atoms with E-state index in [-0.39, 0.29) is 26.5 Å². The average Bonchev–Trinajstić information content (AvgIpc) is 2.45. The van der Waals surface area contributed by atoms with E-state index in [0.717, 1.165) is 6.07 Å². The molecule has 2 heterocycles. The highest BCUT2D eigenvalue weighted by atomic mass is 35.5. The summed E-state index contributed by atoms with van der Waals surface area (Å²) in [7, 11) is 0. The number of carbonyl (C=O) groups is 1. The van der Waals surface area contributed by atoms with Crippen molar-refractivity contribution in [3.63, 3.8) is 0 Å². The normalized spacial score (nSPS) is 12.8. The number of halogens is 6. The summed E-state index contributed by atoms with van der Waals surface area (Å²) in [6.45, 7) is 1.51. The van der Waals surface area contributed by atoms with Gasteiger partial charge in [-0.2, -0.15) is 13.2 Å². The van der Waals surface area contributed by atoms with Crippen LogP contribution in [0.15, 0.2) is 24.5 Å². The van der Waals surface area contributed by atoms with Crippen LogP contribution in [0.4, 0.5) is 13.2 Å². The van der Waals surface area contributed by atoms with Crippen LogP contribution in [0, 0.1) is 0 Å². The highest BCUT2D eigenvalue weighted by Crippen LogP contribution is 2.32. The fourth-order valence-corrected chi connectivity index (χ4v) is 2.73. The first-order valence-corrected chi connectivity index (χ1v) is 7.58. The molecule has 128 valence electrons. The fraction of sp³-hybridized carbons (Fsp3) is 0.214. The Hall–Kier alpha value is -1.57. The van der Waals surface area contributed by atoms with E-state index in [1.54, 1.807) is 0 Å². The highest BCUT2D eigenvalue weighted by Gasteiger charge is 2.32. The molecule has 0 aromatic carbocycles. The smallest absolute Gasteiger partial charge is 0.344 e. The van der Waals surface area contributed by atoms with Gasteiger partial charge in [0.1, 0.15) is 5.15 Å². The molecule has 2 rings (SSSR count). The summed E-state index contributed by atoms with van der Waals surface area (Å²) >= 11 is 17.6. The number of hydrogen-bond donors (Lipinski definition) is 1. The van der Waals surface area contributed by atoms with Gasteiger partial charge in [-0.3, -0.25) is 9.78 Å². The standard InChI is InChI=1S/C14H9Cl3F3N3O/c1-6(11-9(16)4-7(5-22-11)14(18,19)20)23-13(24)10-8(15)2-3-21-12(10)17/h2-6H,1H3,(H,23,24). The Morgan fingerprint density at radius 1 is 1.21 bits per heavy atom. The quantitative estimate of drug-likeness (QED) is 0.745. The molecule has 0 radical (unpaired) electrons. The zero-order valence-corrected chi connectivity index (χ0v) is 14.2. The fourth-order valence-electron chi connectivity index (χ4n) is 1.88. The second-order valence-corrected chi connectivity index (χ2v) is 5.91. The van der Waals surface area contributed by atoms with Gasteiger partial charge >= 0.3 is 6.18 Å². The first-order valence-electron chi connectivity index (χ1n) is 6.44. The van der Waals surface area contributed by atoms with Gasteiger partial charge in [-0.05, 0) is 19.1 Å². The van der Waals surface area contributed by atoms with Gasteiger partial charge in [-0.15, -0.1) is 0 Å². The Morgan fingerprint density at radius 2 is 1.88 bits per heavy atom. The Bertz CT molecular complexity index is 763. The minimum atomic E-state index is -4.56. The lowest BCUT2D eigenvalue weighted by atomic mass is 10.1. The molecule has 1 amide bonds. The van der Waals surface area contributed by atoms with Crippen LogP contribution >= 0.6 is 34.8 Å². The summed E-state index contributed by atoms with van der Waals surface area (Å²) in [5, 5.41) is 2.29. The zero-order valence-electron chi connectivity index (χ0n) is 12.0. The molecule has 0 saturated carbocycles. The molecule has 1 unspecified atom stereocenters. The molecule has 0 aliphatic rings. The van der Waals surface area contributed by atoms with Gasteiger partial charge in [0, 0.05) is 12.4 Å². The molecule has 1 atom stereocenters. The summed E-state index contributed by atoms with van der Waals surface area (Å²) in [6.07, 6.45) is -2.58. The Kier molecular flexibility index (Phi) is 5.57. The Labute approximate surface area is 150 Å². The largest absolute Gasteiger partial charge is 0.417 e. The van der Waals surface area contributed by atoms with Gasteiger partial charge in [0.15, 0.2) is 0 Å². The van der Waals surface area contributed by atoms with Crippen LogP contribution in [0.2, 0.25) is 15.2 Å². The minimum Gasteiger partial charge on any atom is -0.344 e. The second-order valence-electron chi connectivity index (χ2n) is 4.74. The minimum absolute atomic E-state index is 0.0456. The van der Waals surface area contributed by atoms with Crippen molar-refractivity contribution in [2.45, 2.75) is 19.1 Å². The Balaban J connectivity index is 2.24. The maximum absolute atomic E-state index is 12.6. The lowest BCUT2D eigenvalue weighted by Gasteiger charge is -2.16. The van der Waals surface area contributed by atoms with E-state index in [1.807, 2.05) is 0 Å². The molecule has 1 N–H and O–H groups in total. The first kappa shape index (κ1) is 18.8. The summed E-state index contributed by atoms with van der Waals surface area (Å²) in [5.41, 5.74) is -0.946. The molecule has 0 spiro atoms. The van der Waals surface area contributed by atoms with E-state index in [4.69, 9.17) is 34.8 Å². The summed E-state index contributed by atoms with van der Waals surface area (Å²) < 4.78 is 37.8. The predicted molar refractivity (Wildman–Crippen MR) is 84.4 cm³/mol. The van der Waals surface area contributed by atoms with Crippen molar-refractivity contribution < 1.29 is 18.0 Å². The molecule has 0 saturated heterocycles. The number of hydrogen-bond acceptors (Lipinski definition) is 3. The van der Waals surface area contributed by atoms with Gasteiger partial charge in [0.25, 0.3) is 5.91 Å². The summed E-state index contributed by atoms with van der Waals surface area (Å²) in [6, 6.07) is 1.35. The number of alkyl halides is 3. The van der Waals surface area contributed by atoms with Gasteiger partial charge in [-0.25, -0.2) is 4.98 Å². The molecular formula is C14H9Cl3F3N3O. The lowest BCUT2D eigenvalue weighted by molar-refractivity contribution is -0.137. The third kappa shape index (κ3) is 4.09. The second kappa shape index (κ2) is 7.13. The zero-order chi connectivity index (χ0) is 18.1. The summed E-state index contributed by atoms with van der Waals surface area (Å²) in [4.78, 5) is 19.7. The molecule has 4 nitrogen and oxygen atoms in total. The van der Waals surface area contributed by atoms with Crippen molar-refractivity contribution in [1.82, 2.24) is 15.3 Å².